The summed E-state index contributed by atoms with van der Waals surface area (Å²) >= 11 is 0. The summed E-state index contributed by atoms with van der Waals surface area (Å²) in [6.45, 7) is 2.28. The summed E-state index contributed by atoms with van der Waals surface area (Å²) in [6, 6.07) is 0. The first kappa shape index (κ1) is 27.1. The van der Waals surface area contributed by atoms with Crippen LogP contribution in [0.4, 0.5) is 0 Å². The van der Waals surface area contributed by atoms with Gasteiger partial charge in [0.2, 0.25) is 0 Å². The minimum Gasteiger partial charge on any atom is -0.469 e. The molecule has 0 aliphatic heterocycles. The van der Waals surface area contributed by atoms with Crippen LogP contribution in [0.15, 0.2) is 0 Å². The molecule has 0 fully saturated rings. The van der Waals surface area contributed by atoms with Crippen LogP contribution in [0.25, 0.3) is 0 Å². The van der Waals surface area contributed by atoms with Gasteiger partial charge in [-0.15, -0.1) is 0 Å². The van der Waals surface area contributed by atoms with Crippen LogP contribution in [0.2, 0.25) is 0 Å². The van der Waals surface area contributed by atoms with Crippen LogP contribution in [-0.4, -0.2) is 18.9 Å². The van der Waals surface area contributed by atoms with Crippen LogP contribution in [-0.2, 0) is 14.3 Å². The van der Waals surface area contributed by atoms with Gasteiger partial charge >= 0.3 is 5.97 Å². The molecule has 0 radical (unpaired) electrons. The molecule has 0 aliphatic carbocycles. The highest BCUT2D eigenvalue weighted by Gasteiger charge is 2.03. The number of rotatable bonds is 22. The Bertz CT molecular complexity index is 352. The Morgan fingerprint density at radius 2 is 0.821 bits per heavy atom. The zero-order valence-electron chi connectivity index (χ0n) is 19.1. The van der Waals surface area contributed by atoms with Gasteiger partial charge in [0.25, 0.3) is 0 Å². The van der Waals surface area contributed by atoms with Gasteiger partial charge in [-0.2, -0.15) is 0 Å². The van der Waals surface area contributed by atoms with Gasteiger partial charge in [0.05, 0.1) is 7.11 Å². The van der Waals surface area contributed by atoms with Crippen molar-refractivity contribution in [3.8, 4) is 0 Å². The normalized spacial score (nSPS) is 10.9. The average molecular weight is 397 g/mol. The molecular formula is C25H48O3. The van der Waals surface area contributed by atoms with E-state index < -0.39 is 0 Å². The first-order chi connectivity index (χ1) is 13.7. The molecule has 0 atom stereocenters. The molecule has 0 aliphatic rings. The minimum absolute atomic E-state index is 0.149. The molecule has 0 aromatic heterocycles. The summed E-state index contributed by atoms with van der Waals surface area (Å²) in [5, 5.41) is 0. The summed E-state index contributed by atoms with van der Waals surface area (Å²) in [5.74, 6) is 0.247. The molecule has 166 valence electrons. The van der Waals surface area contributed by atoms with Gasteiger partial charge in [-0.1, -0.05) is 103 Å². The molecule has 0 N–H and O–H groups in total. The summed E-state index contributed by atoms with van der Waals surface area (Å²) in [7, 11) is 1.42. The van der Waals surface area contributed by atoms with Crippen molar-refractivity contribution in [1.82, 2.24) is 0 Å². The monoisotopic (exact) mass is 396 g/mol. The number of unbranched alkanes of at least 4 members (excludes halogenated alkanes) is 16. The van der Waals surface area contributed by atoms with Crippen molar-refractivity contribution in [2.45, 2.75) is 142 Å². The van der Waals surface area contributed by atoms with E-state index in [4.69, 9.17) is 0 Å². The molecule has 0 amide bonds. The maximum Gasteiger partial charge on any atom is 0.305 e. The fourth-order valence-electron chi connectivity index (χ4n) is 3.69. The van der Waals surface area contributed by atoms with Crippen molar-refractivity contribution in [2.75, 3.05) is 7.11 Å². The van der Waals surface area contributed by atoms with Gasteiger partial charge in [0.15, 0.2) is 0 Å². The third kappa shape index (κ3) is 21.4. The van der Waals surface area contributed by atoms with Crippen LogP contribution >= 0.6 is 0 Å². The van der Waals surface area contributed by atoms with Crippen molar-refractivity contribution in [1.29, 1.82) is 0 Å². The van der Waals surface area contributed by atoms with E-state index in [9.17, 15) is 9.59 Å². The Hall–Kier alpha value is -0.860. The summed E-state index contributed by atoms with van der Waals surface area (Å²) in [5.41, 5.74) is 0. The standard InChI is InChI=1S/C25H48O3/c1-3-4-5-6-7-8-9-10-11-12-13-14-15-16-18-21-24(26)22-19-17-20-23-25(27)28-2/h3-23H2,1-2H3. The summed E-state index contributed by atoms with van der Waals surface area (Å²) in [4.78, 5) is 22.8. The Morgan fingerprint density at radius 3 is 1.21 bits per heavy atom. The van der Waals surface area contributed by atoms with E-state index in [1.807, 2.05) is 0 Å². The topological polar surface area (TPSA) is 43.4 Å². The number of hydrogen-bond acceptors (Lipinski definition) is 3. The first-order valence-electron chi connectivity index (χ1n) is 12.3. The highest BCUT2D eigenvalue weighted by Crippen LogP contribution is 2.14. The van der Waals surface area contributed by atoms with Gasteiger partial charge in [-0.05, 0) is 19.3 Å². The quantitative estimate of drug-likeness (QED) is 0.138. The molecule has 0 saturated carbocycles. The number of carbonyl (C=O) groups excluding carboxylic acids is 2. The molecule has 0 saturated heterocycles. The molecule has 0 unspecified atom stereocenters. The van der Waals surface area contributed by atoms with E-state index in [1.165, 1.54) is 97.0 Å². The Labute approximate surface area is 175 Å². The molecule has 28 heavy (non-hydrogen) atoms. The lowest BCUT2D eigenvalue weighted by molar-refractivity contribution is -0.140. The summed E-state index contributed by atoms with van der Waals surface area (Å²) in [6.07, 6.45) is 25.0. The number of methoxy groups -OCH3 is 1. The molecule has 0 bridgehead atoms. The molecule has 0 heterocycles. The summed E-state index contributed by atoms with van der Waals surface area (Å²) < 4.78 is 4.61. The third-order valence-corrected chi connectivity index (χ3v) is 5.62. The number of carbonyl (C=O) groups is 2. The van der Waals surface area contributed by atoms with Gasteiger partial charge in [-0.25, -0.2) is 0 Å². The Kier molecular flexibility index (Phi) is 21.7. The van der Waals surface area contributed by atoms with E-state index in [-0.39, 0.29) is 5.97 Å². The minimum atomic E-state index is -0.149. The second-order valence-electron chi connectivity index (χ2n) is 8.38. The largest absolute Gasteiger partial charge is 0.469 e. The van der Waals surface area contributed by atoms with Crippen LogP contribution in [0.1, 0.15) is 142 Å². The highest BCUT2D eigenvalue weighted by atomic mass is 16.5. The third-order valence-electron chi connectivity index (χ3n) is 5.62. The second kappa shape index (κ2) is 22.4. The second-order valence-corrected chi connectivity index (χ2v) is 8.38. The van der Waals surface area contributed by atoms with Gasteiger partial charge in [-0.3, -0.25) is 9.59 Å². The Morgan fingerprint density at radius 1 is 0.500 bits per heavy atom. The van der Waals surface area contributed by atoms with E-state index in [1.54, 1.807) is 0 Å². The zero-order valence-corrected chi connectivity index (χ0v) is 19.1. The molecule has 0 rings (SSSR count). The zero-order chi connectivity index (χ0) is 20.7. The van der Waals surface area contributed by atoms with Gasteiger partial charge in [0.1, 0.15) is 5.78 Å². The maximum atomic E-state index is 11.8. The molecule has 0 aromatic carbocycles. The number of hydrogen-bond donors (Lipinski definition) is 0. The van der Waals surface area contributed by atoms with Crippen molar-refractivity contribution in [3.63, 3.8) is 0 Å². The fraction of sp³-hybridized carbons (Fsp3) is 0.920. The van der Waals surface area contributed by atoms with E-state index >= 15 is 0 Å². The molecule has 0 aromatic rings. The smallest absolute Gasteiger partial charge is 0.305 e. The van der Waals surface area contributed by atoms with Crippen molar-refractivity contribution in [3.05, 3.63) is 0 Å². The number of Topliss-reactive ketones (excluding diaryl/α,β-unsaturated/α-hetero) is 1. The lowest BCUT2D eigenvalue weighted by Crippen LogP contribution is -2.00. The predicted molar refractivity (Wildman–Crippen MR) is 120 cm³/mol. The van der Waals surface area contributed by atoms with Crippen molar-refractivity contribution in [2.24, 2.45) is 0 Å². The maximum absolute atomic E-state index is 11.8. The van der Waals surface area contributed by atoms with E-state index in [2.05, 4.69) is 11.7 Å². The Balaban J connectivity index is 3.16. The van der Waals surface area contributed by atoms with E-state index in [0.717, 1.165) is 32.1 Å². The number of ether oxygens (including phenoxy) is 1. The van der Waals surface area contributed by atoms with Crippen LogP contribution in [0.5, 0.6) is 0 Å². The van der Waals surface area contributed by atoms with Gasteiger partial charge in [0, 0.05) is 19.3 Å². The lowest BCUT2D eigenvalue weighted by Gasteiger charge is -2.04. The number of esters is 1. The van der Waals surface area contributed by atoms with Crippen molar-refractivity contribution >= 4 is 11.8 Å². The molecular weight excluding hydrogens is 348 g/mol. The SMILES string of the molecule is CCCCCCCCCCCCCCCCCC(=O)CCCCCC(=O)OC. The molecule has 0 spiro atoms. The van der Waals surface area contributed by atoms with Gasteiger partial charge < -0.3 is 4.74 Å². The first-order valence-corrected chi connectivity index (χ1v) is 12.3. The van der Waals surface area contributed by atoms with Crippen LogP contribution in [0, 0.1) is 0 Å². The highest BCUT2D eigenvalue weighted by molar-refractivity contribution is 5.78. The van der Waals surface area contributed by atoms with Crippen LogP contribution < -0.4 is 0 Å². The van der Waals surface area contributed by atoms with Crippen LogP contribution in [0.3, 0.4) is 0 Å². The molecule has 3 heteroatoms. The predicted octanol–water partition coefficient (Wildman–Crippen LogP) is 7.94. The molecule has 3 nitrogen and oxygen atoms in total. The average Bonchev–Trinajstić information content (AvgIpc) is 2.70. The van der Waals surface area contributed by atoms with Crippen molar-refractivity contribution < 1.29 is 14.3 Å². The van der Waals surface area contributed by atoms with E-state index in [0.29, 0.717) is 18.6 Å². The number of ketones is 1. The fourth-order valence-corrected chi connectivity index (χ4v) is 3.69. The lowest BCUT2D eigenvalue weighted by atomic mass is 10.0.